The van der Waals surface area contributed by atoms with E-state index in [1.54, 1.807) is 12.3 Å². The van der Waals surface area contributed by atoms with Crippen LogP contribution in [0.3, 0.4) is 0 Å². The molecule has 0 spiro atoms. The zero-order valence-corrected chi connectivity index (χ0v) is 12.3. The molecule has 0 saturated carbocycles. The monoisotopic (exact) mass is 313 g/mol. The second kappa shape index (κ2) is 5.99. The molecule has 0 N–H and O–H groups in total. The topological polar surface area (TPSA) is 61.0 Å². The summed E-state index contributed by atoms with van der Waals surface area (Å²) in [5.41, 5.74) is 2.68. The largest absolute Gasteiger partial charge is 0.270 e. The number of rotatable bonds is 4. The van der Waals surface area contributed by atoms with Crippen LogP contribution in [0.2, 0.25) is 5.02 Å². The van der Waals surface area contributed by atoms with E-state index in [4.69, 9.17) is 11.6 Å². The summed E-state index contributed by atoms with van der Waals surface area (Å²) in [6.45, 7) is 0.658. The molecular weight excluding hydrogens is 302 g/mol. The third kappa shape index (κ3) is 2.99. The fourth-order valence-electron chi connectivity index (χ4n) is 2.21. The summed E-state index contributed by atoms with van der Waals surface area (Å²) in [7, 11) is 0. The minimum Gasteiger partial charge on any atom is -0.268 e. The third-order valence-electron chi connectivity index (χ3n) is 3.30. The smallest absolute Gasteiger partial charge is 0.268 e. The predicted molar refractivity (Wildman–Crippen MR) is 84.9 cm³/mol. The van der Waals surface area contributed by atoms with Crippen LogP contribution in [0.25, 0.3) is 11.1 Å². The summed E-state index contributed by atoms with van der Waals surface area (Å²) in [4.78, 5) is 10.3. The molecule has 1 aromatic heterocycles. The molecule has 0 aliphatic carbocycles. The summed E-state index contributed by atoms with van der Waals surface area (Å²) in [5, 5.41) is 15.4. The van der Waals surface area contributed by atoms with Gasteiger partial charge in [0, 0.05) is 29.5 Å². The Labute approximate surface area is 131 Å². The molecule has 0 aliphatic rings. The van der Waals surface area contributed by atoms with E-state index in [9.17, 15) is 10.1 Å². The van der Waals surface area contributed by atoms with Crippen LogP contribution < -0.4 is 0 Å². The van der Waals surface area contributed by atoms with Crippen LogP contribution in [0.4, 0.5) is 5.69 Å². The molecule has 2 aromatic carbocycles. The normalized spacial score (nSPS) is 10.6. The molecule has 3 rings (SSSR count). The second-order valence-electron chi connectivity index (χ2n) is 4.83. The first kappa shape index (κ1) is 14.3. The van der Waals surface area contributed by atoms with Crippen LogP contribution in [0.1, 0.15) is 5.56 Å². The lowest BCUT2D eigenvalue weighted by molar-refractivity contribution is -0.384. The van der Waals surface area contributed by atoms with Crippen molar-refractivity contribution in [3.8, 4) is 11.1 Å². The molecule has 0 bridgehead atoms. The van der Waals surface area contributed by atoms with E-state index in [1.165, 1.54) is 12.1 Å². The van der Waals surface area contributed by atoms with E-state index in [0.29, 0.717) is 11.6 Å². The number of non-ortho nitro benzene ring substituents is 1. The predicted octanol–water partition coefficient (Wildman–Crippen LogP) is 4.16. The third-order valence-corrected chi connectivity index (χ3v) is 3.61. The summed E-state index contributed by atoms with van der Waals surface area (Å²) in [6, 6.07) is 14.4. The molecule has 3 aromatic rings. The molecule has 0 atom stereocenters. The van der Waals surface area contributed by atoms with Crippen molar-refractivity contribution in [3.63, 3.8) is 0 Å². The maximum atomic E-state index is 10.7. The van der Waals surface area contributed by atoms with Gasteiger partial charge in [-0.1, -0.05) is 41.9 Å². The SMILES string of the molecule is O=[N+]([O-])c1ccc(-c2cnn(Cc3ccccc3)c2)c(Cl)c1. The van der Waals surface area contributed by atoms with Gasteiger partial charge in [-0.05, 0) is 11.6 Å². The van der Waals surface area contributed by atoms with E-state index < -0.39 is 4.92 Å². The van der Waals surface area contributed by atoms with Crippen LogP contribution in [0.5, 0.6) is 0 Å². The maximum Gasteiger partial charge on any atom is 0.270 e. The first-order chi connectivity index (χ1) is 10.6. The van der Waals surface area contributed by atoms with Gasteiger partial charge in [0.05, 0.1) is 22.7 Å². The number of hydrogen-bond donors (Lipinski definition) is 0. The van der Waals surface area contributed by atoms with Crippen molar-refractivity contribution in [3.05, 3.63) is 81.6 Å². The summed E-state index contributed by atoms with van der Waals surface area (Å²) in [5.74, 6) is 0. The van der Waals surface area contributed by atoms with E-state index in [1.807, 2.05) is 41.2 Å². The number of halogens is 1. The lowest BCUT2D eigenvalue weighted by Gasteiger charge is -2.02. The van der Waals surface area contributed by atoms with E-state index >= 15 is 0 Å². The van der Waals surface area contributed by atoms with Crippen LogP contribution in [-0.4, -0.2) is 14.7 Å². The highest BCUT2D eigenvalue weighted by molar-refractivity contribution is 6.33. The summed E-state index contributed by atoms with van der Waals surface area (Å²) >= 11 is 6.14. The zero-order valence-electron chi connectivity index (χ0n) is 11.5. The van der Waals surface area contributed by atoms with Crippen molar-refractivity contribution in [2.75, 3.05) is 0 Å². The van der Waals surface area contributed by atoms with Crippen molar-refractivity contribution in [1.29, 1.82) is 0 Å². The zero-order chi connectivity index (χ0) is 15.5. The average Bonchev–Trinajstić information content (AvgIpc) is 2.96. The minimum atomic E-state index is -0.464. The second-order valence-corrected chi connectivity index (χ2v) is 5.24. The number of nitro groups is 1. The average molecular weight is 314 g/mol. The van der Waals surface area contributed by atoms with Gasteiger partial charge in [-0.2, -0.15) is 5.10 Å². The van der Waals surface area contributed by atoms with Crippen molar-refractivity contribution >= 4 is 17.3 Å². The fourth-order valence-corrected chi connectivity index (χ4v) is 2.50. The Morgan fingerprint density at radius 3 is 2.64 bits per heavy atom. The van der Waals surface area contributed by atoms with Gasteiger partial charge in [0.1, 0.15) is 0 Å². The molecular formula is C16H12ClN3O2. The molecule has 6 heteroatoms. The Morgan fingerprint density at radius 1 is 1.18 bits per heavy atom. The number of benzene rings is 2. The van der Waals surface area contributed by atoms with E-state index in [2.05, 4.69) is 5.10 Å². The number of aromatic nitrogens is 2. The number of hydrogen-bond acceptors (Lipinski definition) is 3. The molecule has 0 amide bonds. The Bertz CT molecular complexity index is 815. The lowest BCUT2D eigenvalue weighted by Crippen LogP contribution is -1.99. The highest BCUT2D eigenvalue weighted by atomic mass is 35.5. The molecule has 0 fully saturated rings. The molecule has 1 heterocycles. The van der Waals surface area contributed by atoms with Gasteiger partial charge in [-0.15, -0.1) is 0 Å². The van der Waals surface area contributed by atoms with Crippen molar-refractivity contribution < 1.29 is 4.92 Å². The Morgan fingerprint density at radius 2 is 1.95 bits per heavy atom. The standard InChI is InChI=1S/C16H12ClN3O2/c17-16-8-14(20(21)22)6-7-15(16)13-9-18-19(11-13)10-12-4-2-1-3-5-12/h1-9,11H,10H2. The van der Waals surface area contributed by atoms with Gasteiger partial charge in [-0.3, -0.25) is 14.8 Å². The molecule has 5 nitrogen and oxygen atoms in total. The molecule has 0 radical (unpaired) electrons. The van der Waals surface area contributed by atoms with Gasteiger partial charge in [0.2, 0.25) is 0 Å². The summed E-state index contributed by atoms with van der Waals surface area (Å²) < 4.78 is 1.81. The first-order valence-corrected chi connectivity index (χ1v) is 7.02. The van der Waals surface area contributed by atoms with Crippen molar-refractivity contribution in [1.82, 2.24) is 9.78 Å². The Hall–Kier alpha value is -2.66. The minimum absolute atomic E-state index is 0.0228. The fraction of sp³-hybridized carbons (Fsp3) is 0.0625. The maximum absolute atomic E-state index is 10.7. The van der Waals surface area contributed by atoms with E-state index in [-0.39, 0.29) is 5.69 Å². The lowest BCUT2D eigenvalue weighted by atomic mass is 10.1. The van der Waals surface area contributed by atoms with Crippen LogP contribution >= 0.6 is 11.6 Å². The van der Waals surface area contributed by atoms with Crippen molar-refractivity contribution in [2.24, 2.45) is 0 Å². The van der Waals surface area contributed by atoms with Gasteiger partial charge in [0.15, 0.2) is 0 Å². The van der Waals surface area contributed by atoms with Gasteiger partial charge < -0.3 is 0 Å². The Kier molecular flexibility index (Phi) is 3.89. The van der Waals surface area contributed by atoms with Crippen LogP contribution in [0.15, 0.2) is 60.9 Å². The molecule has 0 unspecified atom stereocenters. The highest BCUT2D eigenvalue weighted by Crippen LogP contribution is 2.30. The molecule has 0 aliphatic heterocycles. The number of nitrogens with zero attached hydrogens (tertiary/aromatic N) is 3. The molecule has 0 saturated heterocycles. The van der Waals surface area contributed by atoms with E-state index in [0.717, 1.165) is 16.7 Å². The van der Waals surface area contributed by atoms with Gasteiger partial charge in [-0.25, -0.2) is 0 Å². The van der Waals surface area contributed by atoms with Gasteiger partial charge in [0.25, 0.3) is 5.69 Å². The first-order valence-electron chi connectivity index (χ1n) is 6.64. The quantitative estimate of drug-likeness (QED) is 0.536. The number of nitro benzene ring substituents is 1. The Balaban J connectivity index is 1.86. The van der Waals surface area contributed by atoms with Crippen LogP contribution in [0, 0.1) is 10.1 Å². The van der Waals surface area contributed by atoms with Crippen LogP contribution in [-0.2, 0) is 6.54 Å². The summed E-state index contributed by atoms with van der Waals surface area (Å²) in [6.07, 6.45) is 3.58. The van der Waals surface area contributed by atoms with Gasteiger partial charge >= 0.3 is 0 Å². The van der Waals surface area contributed by atoms with Crippen molar-refractivity contribution in [2.45, 2.75) is 6.54 Å². The molecule has 22 heavy (non-hydrogen) atoms. The molecule has 110 valence electrons. The highest BCUT2D eigenvalue weighted by Gasteiger charge is 2.12.